The second-order valence-electron chi connectivity index (χ2n) is 16.2. The summed E-state index contributed by atoms with van der Waals surface area (Å²) in [7, 11) is 0. The summed E-state index contributed by atoms with van der Waals surface area (Å²) in [5.41, 5.74) is 18.9. The van der Waals surface area contributed by atoms with Gasteiger partial charge in [-0.15, -0.1) is 0 Å². The van der Waals surface area contributed by atoms with Gasteiger partial charge in [0.25, 0.3) is 0 Å². The molecule has 0 spiro atoms. The lowest BCUT2D eigenvalue weighted by Gasteiger charge is -2.39. The minimum absolute atomic E-state index is 0.0906. The molecule has 0 amide bonds. The number of hydrogen-bond donors (Lipinski definition) is 0. The third-order valence-corrected chi connectivity index (χ3v) is 12.6. The molecule has 0 bridgehead atoms. The molecule has 0 heterocycles. The van der Waals surface area contributed by atoms with Crippen LogP contribution < -0.4 is 10.4 Å². The van der Waals surface area contributed by atoms with Crippen LogP contribution in [0, 0.1) is 19.8 Å². The molecule has 2 unspecified atom stereocenters. The number of hydrogen-bond acceptors (Lipinski definition) is 0. The topological polar surface area (TPSA) is 0 Å². The van der Waals surface area contributed by atoms with Gasteiger partial charge in [-0.2, -0.15) is 0 Å². The predicted molar refractivity (Wildman–Crippen MR) is 223 cm³/mol. The summed E-state index contributed by atoms with van der Waals surface area (Å²) in [6, 6.07) is 45.8. The van der Waals surface area contributed by atoms with Gasteiger partial charge in [-0.1, -0.05) is 165 Å². The molecule has 0 heteroatoms. The van der Waals surface area contributed by atoms with E-state index < -0.39 is 0 Å². The van der Waals surface area contributed by atoms with Gasteiger partial charge in [-0.3, -0.25) is 0 Å². The first-order chi connectivity index (χ1) is 25.0. The molecular formula is C52H46. The van der Waals surface area contributed by atoms with Crippen LogP contribution in [0.1, 0.15) is 67.5 Å². The zero-order valence-corrected chi connectivity index (χ0v) is 31.3. The van der Waals surface area contributed by atoms with Crippen molar-refractivity contribution in [3.8, 4) is 22.3 Å². The first-order valence-corrected chi connectivity index (χ1v) is 18.8. The second-order valence-corrected chi connectivity index (χ2v) is 16.2. The Morgan fingerprint density at radius 3 is 2.12 bits per heavy atom. The Kier molecular flexibility index (Phi) is 7.36. The minimum atomic E-state index is -0.285. The summed E-state index contributed by atoms with van der Waals surface area (Å²) in [4.78, 5) is 0. The molecule has 6 aromatic carbocycles. The van der Waals surface area contributed by atoms with Crippen LogP contribution in [0.3, 0.4) is 0 Å². The van der Waals surface area contributed by atoms with Crippen LogP contribution in [-0.2, 0) is 10.8 Å². The van der Waals surface area contributed by atoms with E-state index in [4.69, 9.17) is 0 Å². The molecule has 2 atom stereocenters. The lowest BCUT2D eigenvalue weighted by atomic mass is 9.64. The van der Waals surface area contributed by atoms with Crippen LogP contribution in [-0.4, -0.2) is 0 Å². The summed E-state index contributed by atoms with van der Waals surface area (Å²) in [6.07, 6.45) is 8.20. The summed E-state index contributed by atoms with van der Waals surface area (Å²) in [5, 5.41) is 4.83. The van der Waals surface area contributed by atoms with Gasteiger partial charge in [0.2, 0.25) is 0 Å². The smallest absolute Gasteiger partial charge is 0.0404 e. The number of aryl methyl sites for hydroxylation is 2. The van der Waals surface area contributed by atoms with E-state index in [1.165, 1.54) is 93.9 Å². The molecule has 3 aliphatic carbocycles. The van der Waals surface area contributed by atoms with Gasteiger partial charge in [0, 0.05) is 16.7 Å². The van der Waals surface area contributed by atoms with Crippen molar-refractivity contribution in [2.24, 2.45) is 5.92 Å². The van der Waals surface area contributed by atoms with Crippen molar-refractivity contribution in [3.05, 3.63) is 194 Å². The summed E-state index contributed by atoms with van der Waals surface area (Å²) >= 11 is 0. The minimum Gasteiger partial charge on any atom is -0.0912 e. The van der Waals surface area contributed by atoms with Crippen molar-refractivity contribution in [2.45, 2.75) is 58.8 Å². The third kappa shape index (κ3) is 4.88. The standard InChI is InChI=1S/C52H46/c1-32-16-18-34(3)36(26-32)21-19-35(4)41-30-48-50(43-13-9-10-14-45(43)51(48,5)6)49(31-41)52(7)46-15-11-8-12-42(46)44-29-40(24-25-47(44)52)39-23-22-37-27-33(2)17-20-38(37)28-39/h8-30,41H,3,31H2,1-2,4-7H3. The molecule has 0 radical (unpaired) electrons. The number of allylic oxidation sites excluding steroid dienone is 6. The summed E-state index contributed by atoms with van der Waals surface area (Å²) in [5.74, 6) is 0.283. The van der Waals surface area contributed by atoms with Gasteiger partial charge < -0.3 is 0 Å². The Hall–Kier alpha value is -5.46. The molecule has 0 aliphatic heterocycles. The van der Waals surface area contributed by atoms with Crippen molar-refractivity contribution < 1.29 is 0 Å². The summed E-state index contributed by atoms with van der Waals surface area (Å²) in [6.45, 7) is 18.3. The predicted octanol–water partition coefficient (Wildman–Crippen LogP) is 11.9. The molecule has 0 saturated carbocycles. The molecule has 3 aliphatic rings. The zero-order valence-electron chi connectivity index (χ0n) is 31.3. The fourth-order valence-corrected chi connectivity index (χ4v) is 9.56. The van der Waals surface area contributed by atoms with Gasteiger partial charge in [0.15, 0.2) is 0 Å². The average Bonchev–Trinajstić information content (AvgIpc) is 3.55. The largest absolute Gasteiger partial charge is 0.0912 e. The van der Waals surface area contributed by atoms with Crippen LogP contribution in [0.25, 0.3) is 51.3 Å². The van der Waals surface area contributed by atoms with Gasteiger partial charge >= 0.3 is 0 Å². The van der Waals surface area contributed by atoms with Crippen molar-refractivity contribution in [1.82, 2.24) is 0 Å². The quantitative estimate of drug-likeness (QED) is 0.175. The molecule has 52 heavy (non-hydrogen) atoms. The van der Waals surface area contributed by atoms with Crippen molar-refractivity contribution in [3.63, 3.8) is 0 Å². The highest BCUT2D eigenvalue weighted by molar-refractivity contribution is 5.97. The lowest BCUT2D eigenvalue weighted by molar-refractivity contribution is 0.584. The van der Waals surface area contributed by atoms with E-state index in [1.54, 1.807) is 0 Å². The maximum Gasteiger partial charge on any atom is 0.0404 e. The highest BCUT2D eigenvalue weighted by atomic mass is 14.5. The SMILES string of the molecule is C=c1ccc(C)cc1=CC=C(C)C1C=C2C(=C(C3(C)c4ccccc4-c4cc(-c5ccc6cc(C)ccc6c5)ccc43)C1)c1ccccc1C2(C)C. The first kappa shape index (κ1) is 32.4. The average molecular weight is 671 g/mol. The monoisotopic (exact) mass is 670 g/mol. The van der Waals surface area contributed by atoms with Crippen LogP contribution in [0.4, 0.5) is 0 Å². The van der Waals surface area contributed by atoms with E-state index in [1.807, 2.05) is 0 Å². The number of benzene rings is 6. The fourth-order valence-electron chi connectivity index (χ4n) is 9.56. The molecule has 9 rings (SSSR count). The molecule has 0 saturated heterocycles. The highest BCUT2D eigenvalue weighted by Gasteiger charge is 2.49. The third-order valence-electron chi connectivity index (χ3n) is 12.6. The van der Waals surface area contributed by atoms with E-state index in [2.05, 4.69) is 188 Å². The Morgan fingerprint density at radius 1 is 0.654 bits per heavy atom. The number of rotatable bonds is 4. The molecule has 0 aromatic heterocycles. The Morgan fingerprint density at radius 2 is 1.29 bits per heavy atom. The van der Waals surface area contributed by atoms with E-state index in [0.717, 1.165) is 11.6 Å². The maximum absolute atomic E-state index is 4.32. The van der Waals surface area contributed by atoms with E-state index in [0.29, 0.717) is 0 Å². The van der Waals surface area contributed by atoms with Crippen molar-refractivity contribution >= 4 is 29.0 Å². The van der Waals surface area contributed by atoms with Crippen LogP contribution in [0.2, 0.25) is 0 Å². The Balaban J connectivity index is 1.24. The molecule has 0 nitrogen and oxygen atoms in total. The summed E-state index contributed by atoms with van der Waals surface area (Å²) < 4.78 is 0. The van der Waals surface area contributed by atoms with Crippen LogP contribution in [0.5, 0.6) is 0 Å². The van der Waals surface area contributed by atoms with E-state index in [9.17, 15) is 0 Å². The van der Waals surface area contributed by atoms with E-state index >= 15 is 0 Å². The van der Waals surface area contributed by atoms with Gasteiger partial charge in [0.1, 0.15) is 0 Å². The highest BCUT2D eigenvalue weighted by Crippen LogP contribution is 2.62. The first-order valence-electron chi connectivity index (χ1n) is 18.8. The fraction of sp³-hybridized carbons (Fsp3) is 0.192. The molecule has 254 valence electrons. The second kappa shape index (κ2) is 11.8. The molecular weight excluding hydrogens is 625 g/mol. The van der Waals surface area contributed by atoms with Gasteiger partial charge in [-0.25, -0.2) is 0 Å². The van der Waals surface area contributed by atoms with Crippen LogP contribution >= 0.6 is 0 Å². The van der Waals surface area contributed by atoms with E-state index in [-0.39, 0.29) is 16.7 Å². The van der Waals surface area contributed by atoms with Gasteiger partial charge in [-0.05, 0) is 129 Å². The van der Waals surface area contributed by atoms with Crippen LogP contribution in [0.15, 0.2) is 150 Å². The molecule has 0 fully saturated rings. The van der Waals surface area contributed by atoms with Crippen molar-refractivity contribution in [2.75, 3.05) is 0 Å². The number of fused-ring (bicyclic) bond motifs is 7. The Bertz CT molecular complexity index is 2690. The lowest BCUT2D eigenvalue weighted by Crippen LogP contribution is -2.29. The Labute approximate surface area is 308 Å². The van der Waals surface area contributed by atoms with Gasteiger partial charge in [0.05, 0.1) is 0 Å². The molecule has 6 aromatic rings. The van der Waals surface area contributed by atoms with Crippen molar-refractivity contribution in [1.29, 1.82) is 0 Å². The zero-order chi connectivity index (χ0) is 35.9. The normalized spacial score (nSPS) is 20.4. The molecule has 0 N–H and O–H groups in total. The maximum atomic E-state index is 4.32.